The van der Waals surface area contributed by atoms with Gasteiger partial charge in [0.2, 0.25) is 0 Å². The third-order valence-corrected chi connectivity index (χ3v) is 10.3. The standard InChI is InChI=1S/C51H34N4/c1-4-13-35(14-5-1)37-23-25-39(26-24-37)42-31-32-46-45-21-10-11-22-47(45)55(48(46)34-42)44-20-12-19-43(33-44)51-53-49(40-17-8-3-9-18-40)52-50(54-51)41-29-27-38(28-30-41)36-15-6-2-7-16-36/h1-34H. The van der Waals surface area contributed by atoms with E-state index in [2.05, 4.69) is 174 Å². The minimum absolute atomic E-state index is 0.623. The molecule has 4 nitrogen and oxygen atoms in total. The minimum Gasteiger partial charge on any atom is -0.309 e. The fourth-order valence-electron chi connectivity index (χ4n) is 7.49. The first-order valence-electron chi connectivity index (χ1n) is 18.5. The van der Waals surface area contributed by atoms with E-state index in [0.29, 0.717) is 17.5 Å². The Balaban J connectivity index is 1.08. The molecule has 0 saturated heterocycles. The molecule has 0 fully saturated rings. The van der Waals surface area contributed by atoms with Gasteiger partial charge in [-0.25, -0.2) is 15.0 Å². The van der Waals surface area contributed by atoms with Crippen LogP contribution in [0.5, 0.6) is 0 Å². The number of hydrogen-bond donors (Lipinski definition) is 0. The zero-order valence-corrected chi connectivity index (χ0v) is 29.9. The topological polar surface area (TPSA) is 43.6 Å². The van der Waals surface area contributed by atoms with Gasteiger partial charge in [-0.15, -0.1) is 0 Å². The van der Waals surface area contributed by atoms with E-state index in [1.165, 1.54) is 38.6 Å². The average Bonchev–Trinajstić information content (AvgIpc) is 3.61. The van der Waals surface area contributed by atoms with Crippen LogP contribution in [0.2, 0.25) is 0 Å². The summed E-state index contributed by atoms with van der Waals surface area (Å²) in [5.74, 6) is 1.89. The fraction of sp³-hybridized carbons (Fsp3) is 0. The molecule has 0 aliphatic carbocycles. The van der Waals surface area contributed by atoms with Gasteiger partial charge < -0.3 is 4.57 Å². The maximum Gasteiger partial charge on any atom is 0.164 e. The number of para-hydroxylation sites is 1. The van der Waals surface area contributed by atoms with Crippen LogP contribution < -0.4 is 0 Å². The van der Waals surface area contributed by atoms with E-state index >= 15 is 0 Å². The first-order chi connectivity index (χ1) is 27.2. The molecule has 2 aromatic heterocycles. The summed E-state index contributed by atoms with van der Waals surface area (Å²) in [7, 11) is 0. The first kappa shape index (κ1) is 32.2. The SMILES string of the molecule is c1ccc(-c2ccc(-c3ccc4c5ccccc5n(-c5cccc(-c6nc(-c7ccccc7)nc(-c7ccc(-c8ccccc8)cc7)n6)c5)c4c3)cc2)cc1. The summed E-state index contributed by atoms with van der Waals surface area (Å²) in [6, 6.07) is 72.3. The Labute approximate surface area is 319 Å². The van der Waals surface area contributed by atoms with Crippen LogP contribution in [-0.2, 0) is 0 Å². The Hall–Kier alpha value is -7.43. The van der Waals surface area contributed by atoms with E-state index < -0.39 is 0 Å². The van der Waals surface area contributed by atoms with Crippen molar-refractivity contribution in [3.63, 3.8) is 0 Å². The fourth-order valence-corrected chi connectivity index (χ4v) is 7.49. The minimum atomic E-state index is 0.623. The van der Waals surface area contributed by atoms with Gasteiger partial charge in [0.25, 0.3) is 0 Å². The third-order valence-electron chi connectivity index (χ3n) is 10.3. The molecular weight excluding hydrogens is 669 g/mol. The van der Waals surface area contributed by atoms with Crippen LogP contribution in [0.1, 0.15) is 0 Å². The highest BCUT2D eigenvalue weighted by Crippen LogP contribution is 2.36. The van der Waals surface area contributed by atoms with E-state index in [1.807, 2.05) is 36.4 Å². The van der Waals surface area contributed by atoms with Crippen molar-refractivity contribution in [1.82, 2.24) is 19.5 Å². The molecule has 0 aliphatic heterocycles. The van der Waals surface area contributed by atoms with Crippen molar-refractivity contribution in [2.75, 3.05) is 0 Å². The summed E-state index contributed by atoms with van der Waals surface area (Å²) < 4.78 is 2.36. The first-order valence-corrected chi connectivity index (χ1v) is 18.5. The molecule has 0 spiro atoms. The van der Waals surface area contributed by atoms with Gasteiger partial charge in [0, 0.05) is 33.2 Å². The number of aromatic nitrogens is 4. The smallest absolute Gasteiger partial charge is 0.164 e. The van der Waals surface area contributed by atoms with Gasteiger partial charge in [-0.2, -0.15) is 0 Å². The Morgan fingerprint density at radius 2 is 0.655 bits per heavy atom. The lowest BCUT2D eigenvalue weighted by atomic mass is 9.99. The van der Waals surface area contributed by atoms with Crippen LogP contribution in [-0.4, -0.2) is 19.5 Å². The summed E-state index contributed by atoms with van der Waals surface area (Å²) in [6.45, 7) is 0. The van der Waals surface area contributed by atoms with E-state index in [4.69, 9.17) is 15.0 Å². The van der Waals surface area contributed by atoms with Crippen molar-refractivity contribution in [3.8, 4) is 73.2 Å². The Morgan fingerprint density at radius 3 is 1.25 bits per heavy atom. The lowest BCUT2D eigenvalue weighted by Crippen LogP contribution is -2.01. The summed E-state index contributed by atoms with van der Waals surface area (Å²) in [6.07, 6.45) is 0. The molecule has 10 rings (SSSR count). The molecule has 0 saturated carbocycles. The van der Waals surface area contributed by atoms with Crippen LogP contribution in [0.4, 0.5) is 0 Å². The predicted molar refractivity (Wildman–Crippen MR) is 227 cm³/mol. The Morgan fingerprint density at radius 1 is 0.255 bits per heavy atom. The molecule has 0 bridgehead atoms. The van der Waals surface area contributed by atoms with Gasteiger partial charge >= 0.3 is 0 Å². The third kappa shape index (κ3) is 6.16. The van der Waals surface area contributed by atoms with Crippen LogP contribution in [0, 0.1) is 0 Å². The second-order valence-electron chi connectivity index (χ2n) is 13.7. The van der Waals surface area contributed by atoms with E-state index in [0.717, 1.165) is 39.0 Å². The van der Waals surface area contributed by atoms with Crippen molar-refractivity contribution in [1.29, 1.82) is 0 Å². The number of fused-ring (bicyclic) bond motifs is 3. The molecule has 8 aromatic carbocycles. The van der Waals surface area contributed by atoms with Crippen molar-refractivity contribution < 1.29 is 0 Å². The number of rotatable bonds is 7. The molecule has 0 atom stereocenters. The van der Waals surface area contributed by atoms with E-state index in [9.17, 15) is 0 Å². The molecular formula is C51H34N4. The largest absolute Gasteiger partial charge is 0.309 e. The van der Waals surface area contributed by atoms with Crippen molar-refractivity contribution in [2.45, 2.75) is 0 Å². The molecule has 4 heteroatoms. The summed E-state index contributed by atoms with van der Waals surface area (Å²) >= 11 is 0. The zero-order chi connectivity index (χ0) is 36.6. The molecule has 10 aromatic rings. The molecule has 0 unspecified atom stereocenters. The summed E-state index contributed by atoms with van der Waals surface area (Å²) in [5.41, 5.74) is 13.2. The predicted octanol–water partition coefficient (Wildman–Crippen LogP) is 13.0. The van der Waals surface area contributed by atoms with Gasteiger partial charge in [-0.3, -0.25) is 0 Å². The number of hydrogen-bond acceptors (Lipinski definition) is 3. The second-order valence-corrected chi connectivity index (χ2v) is 13.7. The molecule has 0 radical (unpaired) electrons. The van der Waals surface area contributed by atoms with E-state index in [1.54, 1.807) is 0 Å². The maximum absolute atomic E-state index is 5.10. The van der Waals surface area contributed by atoms with Crippen LogP contribution in [0.15, 0.2) is 206 Å². The zero-order valence-electron chi connectivity index (χ0n) is 29.9. The highest BCUT2D eigenvalue weighted by atomic mass is 15.0. The van der Waals surface area contributed by atoms with E-state index in [-0.39, 0.29) is 0 Å². The summed E-state index contributed by atoms with van der Waals surface area (Å²) in [5, 5.41) is 2.42. The number of nitrogens with zero attached hydrogens (tertiary/aromatic N) is 4. The molecule has 0 N–H and O–H groups in total. The lowest BCUT2D eigenvalue weighted by molar-refractivity contribution is 1.07. The second kappa shape index (κ2) is 13.8. The lowest BCUT2D eigenvalue weighted by Gasteiger charge is -2.12. The highest BCUT2D eigenvalue weighted by Gasteiger charge is 2.17. The molecule has 0 aliphatic rings. The quantitative estimate of drug-likeness (QED) is 0.166. The van der Waals surface area contributed by atoms with Crippen LogP contribution in [0.25, 0.3) is 95.0 Å². The van der Waals surface area contributed by atoms with Crippen molar-refractivity contribution >= 4 is 21.8 Å². The Bertz CT molecular complexity index is 2930. The van der Waals surface area contributed by atoms with Gasteiger partial charge in [0.15, 0.2) is 17.5 Å². The monoisotopic (exact) mass is 702 g/mol. The molecule has 2 heterocycles. The van der Waals surface area contributed by atoms with Gasteiger partial charge in [-0.05, 0) is 57.6 Å². The van der Waals surface area contributed by atoms with Crippen LogP contribution >= 0.6 is 0 Å². The van der Waals surface area contributed by atoms with Gasteiger partial charge in [0.1, 0.15) is 0 Å². The molecule has 258 valence electrons. The van der Waals surface area contributed by atoms with Gasteiger partial charge in [-0.1, -0.05) is 182 Å². The average molecular weight is 703 g/mol. The molecule has 0 amide bonds. The highest BCUT2D eigenvalue weighted by molar-refractivity contribution is 6.10. The molecule has 55 heavy (non-hydrogen) atoms. The van der Waals surface area contributed by atoms with Crippen molar-refractivity contribution in [3.05, 3.63) is 206 Å². The normalized spacial score (nSPS) is 11.3. The van der Waals surface area contributed by atoms with Gasteiger partial charge in [0.05, 0.1) is 11.0 Å². The van der Waals surface area contributed by atoms with Crippen molar-refractivity contribution in [2.24, 2.45) is 0 Å². The van der Waals surface area contributed by atoms with Crippen LogP contribution in [0.3, 0.4) is 0 Å². The number of benzene rings is 8. The maximum atomic E-state index is 5.10. The summed E-state index contributed by atoms with van der Waals surface area (Å²) in [4.78, 5) is 15.2. The Kier molecular flexibility index (Phi) is 8.12.